The summed E-state index contributed by atoms with van der Waals surface area (Å²) in [7, 11) is -2.45. The number of nitro benzene ring substituents is 1. The Hall–Kier alpha value is -4.25. The molecule has 0 aliphatic rings. The molecule has 0 bridgehead atoms. The van der Waals surface area contributed by atoms with Crippen molar-refractivity contribution in [2.45, 2.75) is 4.90 Å². The summed E-state index contributed by atoms with van der Waals surface area (Å²) in [5, 5.41) is 14.8. The second-order valence-corrected chi connectivity index (χ2v) is 8.06. The molecule has 0 aliphatic carbocycles. The lowest BCUT2D eigenvalue weighted by molar-refractivity contribution is -0.385. The van der Waals surface area contributed by atoms with Gasteiger partial charge in [-0.1, -0.05) is 18.2 Å². The molecule has 0 saturated carbocycles. The number of benzene rings is 3. The molecule has 2 N–H and O–H groups in total. The number of anilines is 1. The third kappa shape index (κ3) is 5.46. The Balaban J connectivity index is 1.73. The van der Waals surface area contributed by atoms with Crippen LogP contribution >= 0.6 is 0 Å². The SMILES string of the molecule is COc1ccc(NS(=O)(=O)c2cccc(C(=O)N/N=C\c3ccccc3[N+](=O)[O-])c2)cc1. The maximum Gasteiger partial charge on any atom is 0.278 e. The van der Waals surface area contributed by atoms with E-state index < -0.39 is 20.9 Å². The Morgan fingerprint density at radius 3 is 2.47 bits per heavy atom. The van der Waals surface area contributed by atoms with Crippen LogP contribution in [0.4, 0.5) is 11.4 Å². The third-order valence-corrected chi connectivity index (χ3v) is 5.63. The normalized spacial score (nSPS) is 11.2. The first-order valence-corrected chi connectivity index (χ1v) is 10.6. The fourth-order valence-electron chi connectivity index (χ4n) is 2.67. The lowest BCUT2D eigenvalue weighted by Crippen LogP contribution is -2.19. The summed E-state index contributed by atoms with van der Waals surface area (Å²) in [6.07, 6.45) is 1.14. The van der Waals surface area contributed by atoms with Gasteiger partial charge in [0, 0.05) is 17.3 Å². The molecule has 10 nitrogen and oxygen atoms in total. The van der Waals surface area contributed by atoms with Crippen LogP contribution in [0.1, 0.15) is 15.9 Å². The van der Waals surface area contributed by atoms with Crippen LogP contribution in [-0.2, 0) is 10.0 Å². The predicted molar refractivity (Wildman–Crippen MR) is 118 cm³/mol. The Kier molecular flexibility index (Phi) is 6.80. The molecule has 0 atom stereocenters. The quantitative estimate of drug-likeness (QED) is 0.304. The first kappa shape index (κ1) is 22.4. The maximum atomic E-state index is 12.7. The molecule has 0 heterocycles. The van der Waals surface area contributed by atoms with Crippen LogP contribution in [0.3, 0.4) is 0 Å². The van der Waals surface area contributed by atoms with Gasteiger partial charge in [-0.15, -0.1) is 0 Å². The zero-order valence-electron chi connectivity index (χ0n) is 16.8. The number of ether oxygens (including phenoxy) is 1. The molecule has 11 heteroatoms. The van der Waals surface area contributed by atoms with Gasteiger partial charge in [-0.05, 0) is 48.5 Å². The largest absolute Gasteiger partial charge is 0.497 e. The van der Waals surface area contributed by atoms with Crippen LogP contribution < -0.4 is 14.9 Å². The molecule has 0 aliphatic heterocycles. The summed E-state index contributed by atoms with van der Waals surface area (Å²) in [4.78, 5) is 22.7. The smallest absolute Gasteiger partial charge is 0.278 e. The van der Waals surface area contributed by atoms with Gasteiger partial charge in [-0.25, -0.2) is 13.8 Å². The van der Waals surface area contributed by atoms with Crippen molar-refractivity contribution in [3.8, 4) is 5.75 Å². The highest BCUT2D eigenvalue weighted by Crippen LogP contribution is 2.20. The maximum absolute atomic E-state index is 12.7. The Labute approximate surface area is 183 Å². The third-order valence-electron chi connectivity index (χ3n) is 4.25. The van der Waals surface area contributed by atoms with Crippen LogP contribution in [-0.4, -0.2) is 32.6 Å². The number of amides is 1. The molecular weight excluding hydrogens is 436 g/mol. The van der Waals surface area contributed by atoms with Crippen LogP contribution in [0.5, 0.6) is 5.75 Å². The summed E-state index contributed by atoms with van der Waals surface area (Å²) in [5.41, 5.74) is 2.65. The van der Waals surface area contributed by atoms with Gasteiger partial charge in [0.15, 0.2) is 0 Å². The average molecular weight is 454 g/mol. The fraction of sp³-hybridized carbons (Fsp3) is 0.0476. The number of hydrogen-bond donors (Lipinski definition) is 2. The summed E-state index contributed by atoms with van der Waals surface area (Å²) >= 11 is 0. The van der Waals surface area contributed by atoms with Gasteiger partial charge in [0.05, 0.1) is 28.7 Å². The lowest BCUT2D eigenvalue weighted by Gasteiger charge is -2.09. The van der Waals surface area contributed by atoms with E-state index in [4.69, 9.17) is 4.74 Å². The van der Waals surface area contributed by atoms with E-state index in [9.17, 15) is 23.3 Å². The number of carbonyl (C=O) groups is 1. The van der Waals surface area contributed by atoms with Crippen molar-refractivity contribution in [3.05, 3.63) is 94.0 Å². The van der Waals surface area contributed by atoms with Gasteiger partial charge in [0.25, 0.3) is 21.6 Å². The monoisotopic (exact) mass is 454 g/mol. The van der Waals surface area contributed by atoms with Gasteiger partial charge in [-0.3, -0.25) is 19.6 Å². The van der Waals surface area contributed by atoms with E-state index in [0.29, 0.717) is 11.4 Å². The van der Waals surface area contributed by atoms with Crippen molar-refractivity contribution >= 4 is 33.5 Å². The average Bonchev–Trinajstić information content (AvgIpc) is 2.79. The van der Waals surface area contributed by atoms with Crippen molar-refractivity contribution in [2.24, 2.45) is 5.10 Å². The number of para-hydroxylation sites is 1. The minimum atomic E-state index is -3.95. The van der Waals surface area contributed by atoms with Gasteiger partial charge < -0.3 is 4.74 Å². The molecule has 0 radical (unpaired) electrons. The molecule has 0 fully saturated rings. The minimum absolute atomic E-state index is 0.0438. The number of methoxy groups -OCH3 is 1. The first-order valence-electron chi connectivity index (χ1n) is 9.14. The van der Waals surface area contributed by atoms with Gasteiger partial charge in [0.1, 0.15) is 5.75 Å². The highest BCUT2D eigenvalue weighted by atomic mass is 32.2. The summed E-state index contributed by atoms with van der Waals surface area (Å²) in [5.74, 6) is -0.102. The van der Waals surface area contributed by atoms with Gasteiger partial charge >= 0.3 is 0 Å². The summed E-state index contributed by atoms with van der Waals surface area (Å²) in [6.45, 7) is 0. The van der Waals surface area contributed by atoms with Gasteiger partial charge in [0.2, 0.25) is 0 Å². The molecule has 1 amide bonds. The molecule has 0 spiro atoms. The van der Waals surface area contributed by atoms with E-state index in [1.165, 1.54) is 49.6 Å². The number of sulfonamides is 1. The predicted octanol–water partition coefficient (Wildman–Crippen LogP) is 3.17. The van der Waals surface area contributed by atoms with Crippen molar-refractivity contribution in [1.29, 1.82) is 0 Å². The molecule has 3 rings (SSSR count). The standard InChI is InChI=1S/C21H18N4O6S/c1-31-18-11-9-17(10-12-18)24-32(29,30)19-7-4-6-15(13-19)21(26)23-22-14-16-5-2-3-8-20(16)25(27)28/h2-14,24H,1H3,(H,23,26)/b22-14-. The number of carbonyl (C=O) groups excluding carboxylic acids is 1. The topological polar surface area (TPSA) is 140 Å². The fourth-order valence-corrected chi connectivity index (χ4v) is 3.77. The Morgan fingerprint density at radius 2 is 1.78 bits per heavy atom. The number of nitrogens with one attached hydrogen (secondary N) is 2. The highest BCUT2D eigenvalue weighted by molar-refractivity contribution is 7.92. The molecule has 32 heavy (non-hydrogen) atoms. The second-order valence-electron chi connectivity index (χ2n) is 6.38. The van der Waals surface area contributed by atoms with Crippen LogP contribution in [0.2, 0.25) is 0 Å². The van der Waals surface area contributed by atoms with E-state index in [-0.39, 0.29) is 21.7 Å². The summed E-state index contributed by atoms with van der Waals surface area (Å²) in [6, 6.07) is 17.6. The first-order chi connectivity index (χ1) is 15.3. The number of nitro groups is 1. The van der Waals surface area contributed by atoms with E-state index >= 15 is 0 Å². The van der Waals surface area contributed by atoms with E-state index in [1.807, 2.05) is 0 Å². The zero-order valence-corrected chi connectivity index (χ0v) is 17.6. The van der Waals surface area contributed by atoms with Gasteiger partial charge in [-0.2, -0.15) is 5.10 Å². The number of hydrazone groups is 1. The van der Waals surface area contributed by atoms with Crippen molar-refractivity contribution in [2.75, 3.05) is 11.8 Å². The number of hydrogen-bond acceptors (Lipinski definition) is 7. The minimum Gasteiger partial charge on any atom is -0.497 e. The second kappa shape index (κ2) is 9.71. The van der Waals surface area contributed by atoms with E-state index in [2.05, 4.69) is 15.2 Å². The Bertz CT molecular complexity index is 1270. The number of nitrogens with zero attached hydrogens (tertiary/aromatic N) is 2. The zero-order chi connectivity index (χ0) is 23.1. The Morgan fingerprint density at radius 1 is 1.06 bits per heavy atom. The van der Waals surface area contributed by atoms with Crippen LogP contribution in [0.15, 0.2) is 82.8 Å². The molecule has 164 valence electrons. The van der Waals surface area contributed by atoms with Crippen molar-refractivity contribution in [3.63, 3.8) is 0 Å². The van der Waals surface area contributed by atoms with Crippen LogP contribution in [0, 0.1) is 10.1 Å². The lowest BCUT2D eigenvalue weighted by atomic mass is 10.2. The highest BCUT2D eigenvalue weighted by Gasteiger charge is 2.17. The molecule has 0 saturated heterocycles. The van der Waals surface area contributed by atoms with E-state index in [0.717, 1.165) is 6.21 Å². The van der Waals surface area contributed by atoms with Crippen molar-refractivity contribution in [1.82, 2.24) is 5.43 Å². The molecule has 0 aromatic heterocycles. The van der Waals surface area contributed by atoms with Crippen molar-refractivity contribution < 1.29 is 22.9 Å². The van der Waals surface area contributed by atoms with E-state index in [1.54, 1.807) is 30.3 Å². The molecular formula is C21H18N4O6S. The summed E-state index contributed by atoms with van der Waals surface area (Å²) < 4.78 is 32.8. The molecule has 3 aromatic carbocycles. The van der Waals surface area contributed by atoms with Crippen LogP contribution in [0.25, 0.3) is 0 Å². The number of rotatable bonds is 8. The molecule has 3 aromatic rings. The molecule has 0 unspecified atom stereocenters.